The van der Waals surface area contributed by atoms with Crippen molar-refractivity contribution in [2.24, 2.45) is 0 Å². The molecule has 2 aromatic carbocycles. The molecule has 1 amide bonds. The fraction of sp³-hybridized carbons (Fsp3) is 0.0500. The predicted octanol–water partition coefficient (Wildman–Crippen LogP) is 4.75. The van der Waals surface area contributed by atoms with Gasteiger partial charge in [0.15, 0.2) is 11.5 Å². The molecule has 0 aliphatic carbocycles. The lowest BCUT2D eigenvalue weighted by atomic mass is 10.1. The Morgan fingerprint density at radius 2 is 1.85 bits per heavy atom. The van der Waals surface area contributed by atoms with E-state index in [1.807, 2.05) is 6.92 Å². The summed E-state index contributed by atoms with van der Waals surface area (Å²) in [5.41, 5.74) is 2.90. The molecule has 0 aliphatic rings. The van der Waals surface area contributed by atoms with Crippen LogP contribution in [0.5, 0.6) is 0 Å². The molecule has 0 unspecified atom stereocenters. The second-order valence-electron chi connectivity index (χ2n) is 6.01. The summed E-state index contributed by atoms with van der Waals surface area (Å²) in [4.78, 5) is 12.8. The van der Waals surface area contributed by atoms with Crippen LogP contribution in [0, 0.1) is 12.7 Å². The second kappa shape index (κ2) is 6.81. The van der Waals surface area contributed by atoms with Gasteiger partial charge in [-0.15, -0.1) is 10.2 Å². The Labute approximate surface area is 159 Å². The first-order valence-corrected chi connectivity index (χ1v) is 8.58. The SMILES string of the molecule is Cc1c(Cl)cccc1NC(=O)c1cccn2c(-c3ccc(F)cc3)nnc12. The molecule has 7 heteroatoms. The Bertz CT molecular complexity index is 1150. The highest BCUT2D eigenvalue weighted by Crippen LogP contribution is 2.25. The Morgan fingerprint density at radius 1 is 1.07 bits per heavy atom. The van der Waals surface area contributed by atoms with Gasteiger partial charge in [0.1, 0.15) is 5.82 Å². The average molecular weight is 381 g/mol. The molecule has 0 fully saturated rings. The van der Waals surface area contributed by atoms with Gasteiger partial charge >= 0.3 is 0 Å². The molecule has 0 saturated carbocycles. The first-order chi connectivity index (χ1) is 13.0. The number of amides is 1. The van der Waals surface area contributed by atoms with Crippen LogP contribution in [0.1, 0.15) is 15.9 Å². The third-order valence-electron chi connectivity index (χ3n) is 4.30. The van der Waals surface area contributed by atoms with Gasteiger partial charge in [0.25, 0.3) is 5.91 Å². The minimum absolute atomic E-state index is 0.316. The van der Waals surface area contributed by atoms with Crippen molar-refractivity contribution >= 4 is 28.8 Å². The van der Waals surface area contributed by atoms with E-state index >= 15 is 0 Å². The Kier molecular flexibility index (Phi) is 4.33. The molecule has 1 N–H and O–H groups in total. The maximum Gasteiger partial charge on any atom is 0.259 e. The van der Waals surface area contributed by atoms with Crippen molar-refractivity contribution in [2.45, 2.75) is 6.92 Å². The largest absolute Gasteiger partial charge is 0.322 e. The van der Waals surface area contributed by atoms with E-state index in [1.165, 1.54) is 12.1 Å². The average Bonchev–Trinajstić information content (AvgIpc) is 3.10. The number of carbonyl (C=O) groups excluding carboxylic acids is 1. The van der Waals surface area contributed by atoms with Crippen LogP contribution in [0.2, 0.25) is 5.02 Å². The zero-order valence-corrected chi connectivity index (χ0v) is 15.0. The molecule has 0 saturated heterocycles. The zero-order chi connectivity index (χ0) is 19.0. The third-order valence-corrected chi connectivity index (χ3v) is 4.71. The first kappa shape index (κ1) is 17.2. The van der Waals surface area contributed by atoms with Gasteiger partial charge in [-0.05, 0) is 61.0 Å². The Morgan fingerprint density at radius 3 is 2.63 bits per heavy atom. The molecule has 0 aliphatic heterocycles. The number of pyridine rings is 1. The highest BCUT2D eigenvalue weighted by Gasteiger charge is 2.17. The van der Waals surface area contributed by atoms with Crippen molar-refractivity contribution in [3.05, 3.63) is 82.8 Å². The quantitative estimate of drug-likeness (QED) is 0.558. The van der Waals surface area contributed by atoms with Crippen LogP contribution in [0.25, 0.3) is 17.0 Å². The molecule has 5 nitrogen and oxygen atoms in total. The Balaban J connectivity index is 1.73. The van der Waals surface area contributed by atoms with Crippen LogP contribution < -0.4 is 5.32 Å². The van der Waals surface area contributed by atoms with Gasteiger partial charge in [0.05, 0.1) is 5.56 Å². The summed E-state index contributed by atoms with van der Waals surface area (Å²) in [6.45, 7) is 1.84. The van der Waals surface area contributed by atoms with E-state index in [9.17, 15) is 9.18 Å². The van der Waals surface area contributed by atoms with Gasteiger partial charge in [-0.3, -0.25) is 9.20 Å². The van der Waals surface area contributed by atoms with Crippen molar-refractivity contribution < 1.29 is 9.18 Å². The topological polar surface area (TPSA) is 59.3 Å². The van der Waals surface area contributed by atoms with Crippen molar-refractivity contribution in [1.29, 1.82) is 0 Å². The standard InChI is InChI=1S/C20H14ClFN4O/c1-12-16(21)5-2-6-17(12)23-20(27)15-4-3-11-26-18(24-25-19(15)26)13-7-9-14(22)10-8-13/h2-11H,1H3,(H,23,27). The fourth-order valence-corrected chi connectivity index (χ4v) is 3.00. The molecule has 27 heavy (non-hydrogen) atoms. The zero-order valence-electron chi connectivity index (χ0n) is 14.3. The van der Waals surface area contributed by atoms with Crippen molar-refractivity contribution in [3.63, 3.8) is 0 Å². The van der Waals surface area contributed by atoms with Crippen molar-refractivity contribution in [2.75, 3.05) is 5.32 Å². The van der Waals surface area contributed by atoms with Crippen LogP contribution in [-0.2, 0) is 0 Å². The van der Waals surface area contributed by atoms with Crippen LogP contribution in [0.3, 0.4) is 0 Å². The number of halogens is 2. The number of hydrogen-bond donors (Lipinski definition) is 1. The molecule has 2 heterocycles. The molecule has 4 rings (SSSR count). The summed E-state index contributed by atoms with van der Waals surface area (Å²) in [7, 11) is 0. The van der Waals surface area contributed by atoms with E-state index in [0.29, 0.717) is 33.3 Å². The lowest BCUT2D eigenvalue weighted by molar-refractivity contribution is 0.102. The van der Waals surface area contributed by atoms with Gasteiger partial charge in [-0.2, -0.15) is 0 Å². The lowest BCUT2D eigenvalue weighted by Crippen LogP contribution is -2.14. The number of rotatable bonds is 3. The van der Waals surface area contributed by atoms with Gasteiger partial charge < -0.3 is 5.32 Å². The second-order valence-corrected chi connectivity index (χ2v) is 6.42. The highest BCUT2D eigenvalue weighted by atomic mass is 35.5. The normalized spacial score (nSPS) is 10.9. The lowest BCUT2D eigenvalue weighted by Gasteiger charge is -2.10. The first-order valence-electron chi connectivity index (χ1n) is 8.21. The van der Waals surface area contributed by atoms with Crippen LogP contribution in [0.15, 0.2) is 60.8 Å². The van der Waals surface area contributed by atoms with E-state index in [2.05, 4.69) is 15.5 Å². The minimum Gasteiger partial charge on any atom is -0.322 e. The number of nitrogens with one attached hydrogen (secondary N) is 1. The molecule has 0 bridgehead atoms. The van der Waals surface area contributed by atoms with Crippen LogP contribution in [0.4, 0.5) is 10.1 Å². The smallest absolute Gasteiger partial charge is 0.259 e. The number of anilines is 1. The van der Waals surface area contributed by atoms with Gasteiger partial charge in [0.2, 0.25) is 0 Å². The summed E-state index contributed by atoms with van der Waals surface area (Å²) in [5.74, 6) is -0.118. The predicted molar refractivity (Wildman–Crippen MR) is 103 cm³/mol. The summed E-state index contributed by atoms with van der Waals surface area (Å²) in [5, 5.41) is 11.8. The minimum atomic E-state index is -0.329. The molecule has 4 aromatic rings. The fourth-order valence-electron chi connectivity index (χ4n) is 2.82. The molecular weight excluding hydrogens is 367 g/mol. The molecule has 0 atom stereocenters. The molecule has 2 aromatic heterocycles. The number of benzene rings is 2. The number of nitrogens with zero attached hydrogens (tertiary/aromatic N) is 3. The van der Waals surface area contributed by atoms with Crippen LogP contribution in [-0.4, -0.2) is 20.5 Å². The van der Waals surface area contributed by atoms with E-state index < -0.39 is 0 Å². The van der Waals surface area contributed by atoms with Gasteiger partial charge in [-0.25, -0.2) is 4.39 Å². The summed E-state index contributed by atoms with van der Waals surface area (Å²) < 4.78 is 14.9. The highest BCUT2D eigenvalue weighted by molar-refractivity contribution is 6.31. The summed E-state index contributed by atoms with van der Waals surface area (Å²) >= 11 is 6.12. The van der Waals surface area contributed by atoms with Crippen molar-refractivity contribution in [3.8, 4) is 11.4 Å². The number of aromatic nitrogens is 3. The van der Waals surface area contributed by atoms with E-state index in [0.717, 1.165) is 5.56 Å². The number of hydrogen-bond acceptors (Lipinski definition) is 3. The maximum absolute atomic E-state index is 13.2. The van der Waals surface area contributed by atoms with Crippen LogP contribution >= 0.6 is 11.6 Å². The maximum atomic E-state index is 13.2. The number of fused-ring (bicyclic) bond motifs is 1. The molecular formula is C20H14ClFN4O. The third kappa shape index (κ3) is 3.15. The summed E-state index contributed by atoms with van der Waals surface area (Å²) in [6, 6.07) is 14.7. The van der Waals surface area contributed by atoms with E-state index in [-0.39, 0.29) is 11.7 Å². The Hall–Kier alpha value is -3.25. The van der Waals surface area contributed by atoms with E-state index in [4.69, 9.17) is 11.6 Å². The number of carbonyl (C=O) groups is 1. The molecule has 0 spiro atoms. The molecule has 134 valence electrons. The van der Waals surface area contributed by atoms with Gasteiger partial charge in [-0.1, -0.05) is 17.7 Å². The van der Waals surface area contributed by atoms with Crippen molar-refractivity contribution in [1.82, 2.24) is 14.6 Å². The summed E-state index contributed by atoms with van der Waals surface area (Å²) in [6.07, 6.45) is 1.76. The molecule has 0 radical (unpaired) electrons. The van der Waals surface area contributed by atoms with E-state index in [1.54, 1.807) is 53.1 Å². The van der Waals surface area contributed by atoms with Gasteiger partial charge in [0, 0.05) is 22.5 Å². The monoisotopic (exact) mass is 380 g/mol.